The second-order valence-electron chi connectivity index (χ2n) is 8.05. The standard InChI is InChI=1S/C23H32FN3O6S/c1-14(2)22(25)20(11-10-18(28)12-19(29)13-21(30)31)23(16-6-8-17(24)9-7-16)26-15(3)27(4)34(5,32)33/h6-11,14,18-19,28-29H,3,12-13,25H2,1-2,4-5H3,(H,30,31)/b11-10+,22-20-,26-23-/t18-,19-/m1/s1. The predicted molar refractivity (Wildman–Crippen MR) is 129 cm³/mol. The van der Waals surface area contributed by atoms with Gasteiger partial charge in [0.25, 0.3) is 0 Å². The van der Waals surface area contributed by atoms with Gasteiger partial charge < -0.3 is 21.1 Å². The minimum atomic E-state index is -3.66. The number of aliphatic carboxylic acids is 1. The highest BCUT2D eigenvalue weighted by Gasteiger charge is 2.19. The second-order valence-corrected chi connectivity index (χ2v) is 10.1. The van der Waals surface area contributed by atoms with Gasteiger partial charge in [-0.1, -0.05) is 32.6 Å². The van der Waals surface area contributed by atoms with E-state index in [1.54, 1.807) is 0 Å². The summed E-state index contributed by atoms with van der Waals surface area (Å²) in [4.78, 5) is 15.1. The topological polar surface area (TPSA) is 154 Å². The number of nitrogens with two attached hydrogens (primary N) is 1. The maximum Gasteiger partial charge on any atom is 0.305 e. The number of aliphatic hydroxyl groups is 2. The van der Waals surface area contributed by atoms with Gasteiger partial charge in [-0.15, -0.1) is 0 Å². The van der Waals surface area contributed by atoms with Crippen molar-refractivity contribution in [2.24, 2.45) is 16.6 Å². The second kappa shape index (κ2) is 12.4. The van der Waals surface area contributed by atoms with Gasteiger partial charge in [-0.2, -0.15) is 0 Å². The van der Waals surface area contributed by atoms with Crippen molar-refractivity contribution in [3.8, 4) is 0 Å². The maximum absolute atomic E-state index is 13.6. The molecule has 1 rings (SSSR count). The van der Waals surface area contributed by atoms with Crippen LogP contribution in [0, 0.1) is 11.7 Å². The fourth-order valence-electron chi connectivity index (χ4n) is 2.75. The zero-order valence-corrected chi connectivity index (χ0v) is 20.5. The van der Waals surface area contributed by atoms with Gasteiger partial charge >= 0.3 is 5.97 Å². The Kier molecular flexibility index (Phi) is 10.6. The van der Waals surface area contributed by atoms with Crippen LogP contribution in [0.25, 0.3) is 0 Å². The zero-order chi connectivity index (χ0) is 26.2. The molecule has 0 radical (unpaired) electrons. The lowest BCUT2D eigenvalue weighted by Gasteiger charge is -2.20. The number of allylic oxidation sites excluding steroid dienone is 3. The van der Waals surface area contributed by atoms with Crippen molar-refractivity contribution in [2.75, 3.05) is 13.3 Å². The third-order valence-electron chi connectivity index (χ3n) is 4.82. The summed E-state index contributed by atoms with van der Waals surface area (Å²) in [6.45, 7) is 7.34. The number of carbonyl (C=O) groups is 1. The third-order valence-corrected chi connectivity index (χ3v) is 6.02. The predicted octanol–water partition coefficient (Wildman–Crippen LogP) is 1.99. The molecule has 0 bridgehead atoms. The summed E-state index contributed by atoms with van der Waals surface area (Å²) in [5.74, 6) is -2.01. The molecule has 11 heteroatoms. The van der Waals surface area contributed by atoms with Gasteiger partial charge in [0.1, 0.15) is 11.6 Å². The van der Waals surface area contributed by atoms with E-state index in [4.69, 9.17) is 10.8 Å². The van der Waals surface area contributed by atoms with Crippen LogP contribution < -0.4 is 5.73 Å². The van der Waals surface area contributed by atoms with Crippen molar-refractivity contribution in [2.45, 2.75) is 38.9 Å². The molecular weight excluding hydrogens is 465 g/mol. The van der Waals surface area contributed by atoms with E-state index in [0.717, 1.165) is 10.6 Å². The molecule has 0 heterocycles. The molecule has 1 aromatic rings. The van der Waals surface area contributed by atoms with Gasteiger partial charge in [0.05, 0.1) is 30.6 Å². The molecule has 5 N–H and O–H groups in total. The van der Waals surface area contributed by atoms with E-state index >= 15 is 0 Å². The Morgan fingerprint density at radius 2 is 1.82 bits per heavy atom. The Labute approximate surface area is 199 Å². The molecule has 0 spiro atoms. The third kappa shape index (κ3) is 9.08. The fraction of sp³-hybridized carbons (Fsp3) is 0.391. The zero-order valence-electron chi connectivity index (χ0n) is 19.6. The monoisotopic (exact) mass is 497 g/mol. The van der Waals surface area contributed by atoms with Crippen LogP contribution in [0.4, 0.5) is 4.39 Å². The molecule has 0 aromatic heterocycles. The van der Waals surface area contributed by atoms with Crippen LogP contribution in [-0.4, -0.2) is 65.2 Å². The van der Waals surface area contributed by atoms with Crippen molar-refractivity contribution < 1.29 is 32.9 Å². The molecule has 1 aromatic carbocycles. The van der Waals surface area contributed by atoms with Crippen molar-refractivity contribution in [1.82, 2.24) is 4.31 Å². The van der Waals surface area contributed by atoms with E-state index in [1.807, 2.05) is 13.8 Å². The molecule has 0 aliphatic carbocycles. The summed E-state index contributed by atoms with van der Waals surface area (Å²) >= 11 is 0. The molecular formula is C23H32FN3O6S. The molecule has 0 unspecified atom stereocenters. The number of aliphatic hydroxyl groups excluding tert-OH is 2. The minimum Gasteiger partial charge on any atom is -0.481 e. The number of benzene rings is 1. The average molecular weight is 498 g/mol. The van der Waals surface area contributed by atoms with Gasteiger partial charge in [0.2, 0.25) is 10.0 Å². The largest absolute Gasteiger partial charge is 0.481 e. The number of sulfonamides is 1. The highest BCUT2D eigenvalue weighted by molar-refractivity contribution is 7.88. The summed E-state index contributed by atoms with van der Waals surface area (Å²) in [5, 5.41) is 28.8. The molecule has 0 saturated carbocycles. The summed E-state index contributed by atoms with van der Waals surface area (Å²) in [5.41, 5.74) is 7.57. The Morgan fingerprint density at radius 1 is 1.26 bits per heavy atom. The number of nitrogens with zero attached hydrogens (tertiary/aromatic N) is 2. The summed E-state index contributed by atoms with van der Waals surface area (Å²) in [7, 11) is -2.38. The van der Waals surface area contributed by atoms with Crippen LogP contribution in [0.1, 0.15) is 32.3 Å². The van der Waals surface area contributed by atoms with Crippen molar-refractivity contribution >= 4 is 21.7 Å². The number of rotatable bonds is 12. The van der Waals surface area contributed by atoms with E-state index in [1.165, 1.54) is 43.5 Å². The van der Waals surface area contributed by atoms with Gasteiger partial charge in [-0.05, 0) is 30.2 Å². The molecule has 0 fully saturated rings. The lowest BCUT2D eigenvalue weighted by atomic mass is 9.95. The van der Waals surface area contributed by atoms with Crippen LogP contribution >= 0.6 is 0 Å². The molecule has 2 atom stereocenters. The number of carboxylic acid groups (broad SMARTS) is 1. The van der Waals surface area contributed by atoms with Gasteiger partial charge in [-0.3, -0.25) is 9.10 Å². The number of halogens is 1. The molecule has 0 saturated heterocycles. The summed E-state index contributed by atoms with van der Waals surface area (Å²) < 4.78 is 38.3. The summed E-state index contributed by atoms with van der Waals surface area (Å²) in [6, 6.07) is 5.29. The minimum absolute atomic E-state index is 0.123. The number of carboxylic acids is 1. The number of hydrogen-bond acceptors (Lipinski definition) is 7. The highest BCUT2D eigenvalue weighted by atomic mass is 32.2. The Bertz CT molecular complexity index is 1080. The molecule has 0 aliphatic rings. The Hall–Kier alpha value is -3.02. The fourth-order valence-corrected chi connectivity index (χ4v) is 3.17. The van der Waals surface area contributed by atoms with Crippen molar-refractivity contribution in [3.05, 3.63) is 71.5 Å². The van der Waals surface area contributed by atoms with Crippen LogP contribution in [0.5, 0.6) is 0 Å². The van der Waals surface area contributed by atoms with Crippen LogP contribution in [0.2, 0.25) is 0 Å². The lowest BCUT2D eigenvalue weighted by molar-refractivity contribution is -0.139. The van der Waals surface area contributed by atoms with E-state index in [9.17, 15) is 27.8 Å². The molecule has 0 amide bonds. The van der Waals surface area contributed by atoms with E-state index in [2.05, 4.69) is 11.6 Å². The maximum atomic E-state index is 13.6. The van der Waals surface area contributed by atoms with Gasteiger partial charge in [0, 0.05) is 30.3 Å². The molecule has 0 aliphatic heterocycles. The molecule has 188 valence electrons. The number of aliphatic imine (C=N–C) groups is 1. The Morgan fingerprint density at radius 3 is 2.29 bits per heavy atom. The quantitative estimate of drug-likeness (QED) is 0.254. The van der Waals surface area contributed by atoms with Crippen LogP contribution in [0.3, 0.4) is 0 Å². The first-order valence-corrected chi connectivity index (χ1v) is 12.2. The number of hydrogen-bond donors (Lipinski definition) is 4. The molecule has 9 nitrogen and oxygen atoms in total. The van der Waals surface area contributed by atoms with Crippen molar-refractivity contribution in [1.29, 1.82) is 0 Å². The first-order valence-electron chi connectivity index (χ1n) is 10.4. The smallest absolute Gasteiger partial charge is 0.305 e. The van der Waals surface area contributed by atoms with E-state index < -0.39 is 40.4 Å². The lowest BCUT2D eigenvalue weighted by Crippen LogP contribution is -2.25. The Balaban J connectivity index is 3.58. The van der Waals surface area contributed by atoms with Gasteiger partial charge in [0.15, 0.2) is 0 Å². The normalized spacial score (nSPS) is 15.2. The van der Waals surface area contributed by atoms with E-state index in [0.29, 0.717) is 16.8 Å². The van der Waals surface area contributed by atoms with Crippen molar-refractivity contribution in [3.63, 3.8) is 0 Å². The van der Waals surface area contributed by atoms with Gasteiger partial charge in [-0.25, -0.2) is 17.8 Å². The SMILES string of the molecule is C=C(\N=C(C(/C=C/[C@@H](O)C[C@@H](O)CC(=O)O)=C(\N)C(C)C)\c1ccc(F)cc1)N(C)S(C)(=O)=O. The first-order chi connectivity index (χ1) is 15.6. The first kappa shape index (κ1) is 29.0. The van der Waals surface area contributed by atoms with Crippen LogP contribution in [-0.2, 0) is 14.8 Å². The average Bonchev–Trinajstić information content (AvgIpc) is 2.71. The van der Waals surface area contributed by atoms with Crippen LogP contribution in [0.15, 0.2) is 65.1 Å². The summed E-state index contributed by atoms with van der Waals surface area (Å²) in [6.07, 6.45) is 0.525. The highest BCUT2D eigenvalue weighted by Crippen LogP contribution is 2.21. The molecule has 34 heavy (non-hydrogen) atoms. The van der Waals surface area contributed by atoms with E-state index in [-0.39, 0.29) is 23.9 Å².